The van der Waals surface area contributed by atoms with Crippen LogP contribution in [0.4, 0.5) is 5.69 Å². The molecule has 0 aliphatic heterocycles. The monoisotopic (exact) mass is 260 g/mol. The van der Waals surface area contributed by atoms with E-state index in [0.717, 1.165) is 11.4 Å². The van der Waals surface area contributed by atoms with Crippen molar-refractivity contribution >= 4 is 23.0 Å². The second-order valence-electron chi connectivity index (χ2n) is 4.23. The van der Waals surface area contributed by atoms with Crippen molar-refractivity contribution in [2.24, 2.45) is 0 Å². The summed E-state index contributed by atoms with van der Waals surface area (Å²) in [4.78, 5) is 1.94. The topological polar surface area (TPSA) is 28.4 Å². The van der Waals surface area contributed by atoms with Gasteiger partial charge in [-0.25, -0.2) is 0 Å². The lowest BCUT2D eigenvalue weighted by Gasteiger charge is -2.19. The van der Waals surface area contributed by atoms with Crippen LogP contribution in [0, 0.1) is 6.92 Å². The van der Waals surface area contributed by atoms with Crippen LogP contribution >= 0.6 is 12.2 Å². The normalized spacial score (nSPS) is 10.1. The lowest BCUT2D eigenvalue weighted by atomic mass is 10.2. The summed E-state index contributed by atoms with van der Waals surface area (Å²) < 4.78 is 5.29. The second-order valence-corrected chi connectivity index (χ2v) is 4.62. The van der Waals surface area contributed by atoms with Crippen molar-refractivity contribution in [2.45, 2.75) is 13.5 Å². The van der Waals surface area contributed by atoms with Crippen molar-refractivity contribution in [1.82, 2.24) is 4.90 Å². The molecule has 1 aromatic heterocycles. The molecule has 0 amide bonds. The van der Waals surface area contributed by atoms with Gasteiger partial charge in [-0.2, -0.15) is 0 Å². The highest BCUT2D eigenvalue weighted by molar-refractivity contribution is 7.80. The summed E-state index contributed by atoms with van der Waals surface area (Å²) in [5, 5.41) is 3.87. The fraction of sp³-hybridized carbons (Fsp3) is 0.214. The molecule has 2 aromatic rings. The van der Waals surface area contributed by atoms with Crippen LogP contribution < -0.4 is 5.32 Å². The van der Waals surface area contributed by atoms with E-state index in [1.165, 1.54) is 5.56 Å². The summed E-state index contributed by atoms with van der Waals surface area (Å²) in [6.07, 6.45) is 1.67. The molecule has 94 valence electrons. The van der Waals surface area contributed by atoms with E-state index < -0.39 is 0 Å². The number of nitrogens with one attached hydrogen (secondary N) is 1. The Labute approximate surface area is 112 Å². The fourth-order valence-electron chi connectivity index (χ4n) is 1.56. The molecule has 2 rings (SSSR count). The predicted octanol–water partition coefficient (Wildman–Crippen LogP) is 3.42. The summed E-state index contributed by atoms with van der Waals surface area (Å²) in [5.74, 6) is 0.894. The van der Waals surface area contributed by atoms with Crippen LogP contribution in [-0.4, -0.2) is 17.1 Å². The average Bonchev–Trinajstić information content (AvgIpc) is 2.85. The maximum Gasteiger partial charge on any atom is 0.173 e. The molecular weight excluding hydrogens is 244 g/mol. The summed E-state index contributed by atoms with van der Waals surface area (Å²) in [6, 6.07) is 11.9. The molecule has 1 aromatic carbocycles. The fourth-order valence-corrected chi connectivity index (χ4v) is 1.75. The van der Waals surface area contributed by atoms with Gasteiger partial charge >= 0.3 is 0 Å². The SMILES string of the molecule is Cc1ccc(NC(=S)N(C)Cc2ccco2)cc1. The van der Waals surface area contributed by atoms with Crippen molar-refractivity contribution in [3.05, 3.63) is 54.0 Å². The summed E-state index contributed by atoms with van der Waals surface area (Å²) in [7, 11) is 1.94. The largest absolute Gasteiger partial charge is 0.467 e. The first-order valence-electron chi connectivity index (χ1n) is 5.76. The van der Waals surface area contributed by atoms with Gasteiger partial charge in [-0.3, -0.25) is 0 Å². The zero-order valence-corrected chi connectivity index (χ0v) is 11.3. The Balaban J connectivity index is 1.93. The molecule has 0 saturated carbocycles. The third-order valence-electron chi connectivity index (χ3n) is 2.62. The first-order valence-corrected chi connectivity index (χ1v) is 6.17. The minimum Gasteiger partial charge on any atom is -0.467 e. The Kier molecular flexibility index (Phi) is 3.99. The van der Waals surface area contributed by atoms with Gasteiger partial charge in [0.2, 0.25) is 0 Å². The molecule has 0 atom stereocenters. The highest BCUT2D eigenvalue weighted by Gasteiger charge is 2.06. The molecule has 0 unspecified atom stereocenters. The number of furan rings is 1. The zero-order valence-electron chi connectivity index (χ0n) is 10.5. The molecule has 1 heterocycles. The van der Waals surface area contributed by atoms with E-state index in [-0.39, 0.29) is 0 Å². The Morgan fingerprint density at radius 1 is 1.28 bits per heavy atom. The Hall–Kier alpha value is -1.81. The number of rotatable bonds is 3. The predicted molar refractivity (Wildman–Crippen MR) is 77.6 cm³/mol. The highest BCUT2D eigenvalue weighted by Crippen LogP contribution is 2.10. The van der Waals surface area contributed by atoms with E-state index in [0.29, 0.717) is 11.7 Å². The van der Waals surface area contributed by atoms with E-state index in [2.05, 4.69) is 24.4 Å². The van der Waals surface area contributed by atoms with Crippen LogP contribution in [0.2, 0.25) is 0 Å². The number of hydrogen-bond donors (Lipinski definition) is 1. The lowest BCUT2D eigenvalue weighted by molar-refractivity contribution is 0.414. The molecule has 0 aliphatic rings. The average molecular weight is 260 g/mol. The summed E-state index contributed by atoms with van der Waals surface area (Å²) in [6.45, 7) is 2.72. The van der Waals surface area contributed by atoms with Gasteiger partial charge in [-0.1, -0.05) is 17.7 Å². The Bertz CT molecular complexity index is 505. The number of aryl methyl sites for hydroxylation is 1. The van der Waals surface area contributed by atoms with Gasteiger partial charge < -0.3 is 14.6 Å². The van der Waals surface area contributed by atoms with Gasteiger partial charge in [0.25, 0.3) is 0 Å². The molecule has 1 N–H and O–H groups in total. The minimum absolute atomic E-state index is 0.657. The third-order valence-corrected chi connectivity index (χ3v) is 3.04. The number of benzene rings is 1. The van der Waals surface area contributed by atoms with Gasteiger partial charge in [0.05, 0.1) is 12.8 Å². The van der Waals surface area contributed by atoms with Gasteiger partial charge in [0.15, 0.2) is 5.11 Å². The molecule has 4 heteroatoms. The van der Waals surface area contributed by atoms with Gasteiger partial charge in [0, 0.05) is 12.7 Å². The third kappa shape index (κ3) is 3.34. The van der Waals surface area contributed by atoms with E-state index in [1.807, 2.05) is 36.2 Å². The highest BCUT2D eigenvalue weighted by atomic mass is 32.1. The quantitative estimate of drug-likeness (QED) is 0.856. The number of thiocarbonyl (C=S) groups is 1. The van der Waals surface area contributed by atoms with Crippen LogP contribution in [0.1, 0.15) is 11.3 Å². The second kappa shape index (κ2) is 5.69. The van der Waals surface area contributed by atoms with E-state index >= 15 is 0 Å². The molecule has 0 bridgehead atoms. The zero-order chi connectivity index (χ0) is 13.0. The lowest BCUT2D eigenvalue weighted by Crippen LogP contribution is -2.30. The molecule has 0 fully saturated rings. The standard InChI is InChI=1S/C14H16N2OS/c1-11-5-7-12(8-6-11)15-14(18)16(2)10-13-4-3-9-17-13/h3-9H,10H2,1-2H3,(H,15,18). The number of nitrogens with zero attached hydrogens (tertiary/aromatic N) is 1. The first-order chi connectivity index (χ1) is 8.65. The van der Waals surface area contributed by atoms with Crippen molar-refractivity contribution in [3.8, 4) is 0 Å². The molecule has 0 radical (unpaired) electrons. The molecule has 0 saturated heterocycles. The van der Waals surface area contributed by atoms with Crippen molar-refractivity contribution in [2.75, 3.05) is 12.4 Å². The minimum atomic E-state index is 0.657. The molecule has 18 heavy (non-hydrogen) atoms. The van der Waals surface area contributed by atoms with E-state index in [1.54, 1.807) is 6.26 Å². The van der Waals surface area contributed by atoms with E-state index in [9.17, 15) is 0 Å². The van der Waals surface area contributed by atoms with Gasteiger partial charge in [-0.05, 0) is 43.4 Å². The van der Waals surface area contributed by atoms with Crippen molar-refractivity contribution in [1.29, 1.82) is 0 Å². The molecule has 3 nitrogen and oxygen atoms in total. The maximum absolute atomic E-state index is 5.34. The summed E-state index contributed by atoms with van der Waals surface area (Å²) in [5.41, 5.74) is 2.23. The van der Waals surface area contributed by atoms with Crippen LogP contribution in [0.3, 0.4) is 0 Å². The van der Waals surface area contributed by atoms with Crippen molar-refractivity contribution < 1.29 is 4.42 Å². The molecule has 0 aliphatic carbocycles. The Morgan fingerprint density at radius 2 is 2.00 bits per heavy atom. The van der Waals surface area contributed by atoms with Crippen LogP contribution in [0.5, 0.6) is 0 Å². The van der Waals surface area contributed by atoms with Crippen LogP contribution in [0.15, 0.2) is 47.1 Å². The van der Waals surface area contributed by atoms with E-state index in [4.69, 9.17) is 16.6 Å². The molecule has 0 spiro atoms. The summed E-state index contributed by atoms with van der Waals surface area (Å²) >= 11 is 5.34. The van der Waals surface area contributed by atoms with Gasteiger partial charge in [-0.15, -0.1) is 0 Å². The maximum atomic E-state index is 5.34. The number of hydrogen-bond acceptors (Lipinski definition) is 2. The smallest absolute Gasteiger partial charge is 0.173 e. The molecular formula is C14H16N2OS. The van der Waals surface area contributed by atoms with Crippen molar-refractivity contribution in [3.63, 3.8) is 0 Å². The van der Waals surface area contributed by atoms with Crippen LogP contribution in [-0.2, 0) is 6.54 Å². The Morgan fingerprint density at radius 3 is 2.61 bits per heavy atom. The first kappa shape index (κ1) is 12.6. The van der Waals surface area contributed by atoms with Crippen LogP contribution in [0.25, 0.3) is 0 Å². The van der Waals surface area contributed by atoms with Gasteiger partial charge in [0.1, 0.15) is 5.76 Å². The number of anilines is 1.